The van der Waals surface area contributed by atoms with Gasteiger partial charge in [-0.1, -0.05) is 30.5 Å². The number of rotatable bonds is 7. The highest BCUT2D eigenvalue weighted by Gasteiger charge is 2.24. The van der Waals surface area contributed by atoms with Gasteiger partial charge in [0.2, 0.25) is 17.6 Å². The summed E-state index contributed by atoms with van der Waals surface area (Å²) in [6, 6.07) is 4.00. The van der Waals surface area contributed by atoms with Crippen LogP contribution in [-0.4, -0.2) is 58.6 Å². The molecule has 1 amide bonds. The third-order valence-corrected chi connectivity index (χ3v) is 6.85. The van der Waals surface area contributed by atoms with E-state index in [2.05, 4.69) is 19.9 Å². The van der Waals surface area contributed by atoms with Crippen LogP contribution in [0.2, 0.25) is 0 Å². The second kappa shape index (κ2) is 9.65. The minimum atomic E-state index is 0.374. The number of thiophene rings is 1. The lowest BCUT2D eigenvalue weighted by molar-refractivity contribution is -0.134. The van der Waals surface area contributed by atoms with Crippen LogP contribution in [0, 0.1) is 5.92 Å². The third kappa shape index (κ3) is 5.20. The predicted octanol–water partition coefficient (Wildman–Crippen LogP) is 3.85. The van der Waals surface area contributed by atoms with Crippen LogP contribution in [0.1, 0.15) is 50.8 Å². The molecule has 0 unspecified atom stereocenters. The lowest BCUT2D eigenvalue weighted by atomic mass is 9.86. The van der Waals surface area contributed by atoms with Crippen molar-refractivity contribution < 1.29 is 9.32 Å². The zero-order valence-corrected chi connectivity index (χ0v) is 17.3. The summed E-state index contributed by atoms with van der Waals surface area (Å²) in [5, 5.41) is 6.09. The van der Waals surface area contributed by atoms with Gasteiger partial charge < -0.3 is 9.42 Å². The number of piperazine rings is 1. The maximum absolute atomic E-state index is 12.6. The van der Waals surface area contributed by atoms with Crippen LogP contribution in [-0.2, 0) is 11.2 Å². The first-order valence-corrected chi connectivity index (χ1v) is 11.5. The van der Waals surface area contributed by atoms with Gasteiger partial charge in [-0.05, 0) is 43.2 Å². The number of nitrogens with zero attached hydrogens (tertiary/aromatic N) is 4. The van der Waals surface area contributed by atoms with Crippen molar-refractivity contribution in [2.24, 2.45) is 5.92 Å². The number of aromatic nitrogens is 2. The highest BCUT2D eigenvalue weighted by atomic mass is 32.1. The Kier molecular flexibility index (Phi) is 6.75. The average Bonchev–Trinajstić information content (AvgIpc) is 3.41. The molecule has 4 rings (SSSR count). The summed E-state index contributed by atoms with van der Waals surface area (Å²) < 4.78 is 5.37. The molecule has 0 atom stereocenters. The zero-order chi connectivity index (χ0) is 19.2. The quantitative estimate of drug-likeness (QED) is 0.704. The fourth-order valence-electron chi connectivity index (χ4n) is 4.30. The highest BCUT2D eigenvalue weighted by molar-refractivity contribution is 7.13. The van der Waals surface area contributed by atoms with Crippen LogP contribution in [0.5, 0.6) is 0 Å². The Morgan fingerprint density at radius 1 is 1.18 bits per heavy atom. The summed E-state index contributed by atoms with van der Waals surface area (Å²) in [5.74, 6) is 2.41. The SMILES string of the molecule is O=C(CC1CCCCC1)N1CCN(CCCc2nc(-c3cccs3)no2)CC1. The van der Waals surface area contributed by atoms with Crippen molar-refractivity contribution in [3.63, 3.8) is 0 Å². The van der Waals surface area contributed by atoms with Gasteiger partial charge in [-0.3, -0.25) is 9.69 Å². The Morgan fingerprint density at radius 3 is 2.75 bits per heavy atom. The van der Waals surface area contributed by atoms with E-state index >= 15 is 0 Å². The van der Waals surface area contributed by atoms with Crippen molar-refractivity contribution >= 4 is 17.2 Å². The number of carbonyl (C=O) groups is 1. The molecular formula is C21H30N4O2S. The molecule has 0 N–H and O–H groups in total. The van der Waals surface area contributed by atoms with Gasteiger partial charge in [0.15, 0.2) is 0 Å². The van der Waals surface area contributed by atoms with Gasteiger partial charge in [0.1, 0.15) is 0 Å². The monoisotopic (exact) mass is 402 g/mol. The summed E-state index contributed by atoms with van der Waals surface area (Å²) in [4.78, 5) is 22.6. The Bertz CT molecular complexity index is 731. The maximum atomic E-state index is 12.6. The van der Waals surface area contributed by atoms with Crippen molar-refractivity contribution in [1.82, 2.24) is 19.9 Å². The van der Waals surface area contributed by atoms with Gasteiger partial charge in [-0.15, -0.1) is 11.3 Å². The molecule has 1 saturated carbocycles. The van der Waals surface area contributed by atoms with E-state index in [-0.39, 0.29) is 0 Å². The summed E-state index contributed by atoms with van der Waals surface area (Å²) in [6.45, 7) is 4.70. The topological polar surface area (TPSA) is 62.5 Å². The standard InChI is InChI=1S/C21H30N4O2S/c26-20(16-17-6-2-1-3-7-17)25-13-11-24(12-14-25)10-4-9-19-22-21(23-27-19)18-8-5-15-28-18/h5,8,15,17H,1-4,6-7,9-14,16H2. The number of hydrogen-bond donors (Lipinski definition) is 0. The van der Waals surface area contributed by atoms with E-state index in [4.69, 9.17) is 4.52 Å². The van der Waals surface area contributed by atoms with Gasteiger partial charge in [0.05, 0.1) is 4.88 Å². The van der Waals surface area contributed by atoms with Crippen LogP contribution in [0.25, 0.3) is 10.7 Å². The van der Waals surface area contributed by atoms with Crippen molar-refractivity contribution in [3.8, 4) is 10.7 Å². The first-order valence-electron chi connectivity index (χ1n) is 10.6. The molecule has 2 aromatic heterocycles. The largest absolute Gasteiger partial charge is 0.340 e. The molecular weight excluding hydrogens is 372 g/mol. The van der Waals surface area contributed by atoms with E-state index in [9.17, 15) is 4.79 Å². The molecule has 0 bridgehead atoms. The van der Waals surface area contributed by atoms with Gasteiger partial charge in [0.25, 0.3) is 0 Å². The second-order valence-electron chi connectivity index (χ2n) is 8.02. The number of hydrogen-bond acceptors (Lipinski definition) is 6. The molecule has 2 aromatic rings. The summed E-state index contributed by atoms with van der Waals surface area (Å²) >= 11 is 1.62. The average molecular weight is 403 g/mol. The van der Waals surface area contributed by atoms with E-state index in [1.807, 2.05) is 17.5 Å². The van der Waals surface area contributed by atoms with Crippen molar-refractivity contribution in [3.05, 3.63) is 23.4 Å². The van der Waals surface area contributed by atoms with Crippen molar-refractivity contribution in [1.29, 1.82) is 0 Å². The molecule has 7 heteroatoms. The van der Waals surface area contributed by atoms with Gasteiger partial charge in [0, 0.05) is 39.0 Å². The van der Waals surface area contributed by atoms with E-state index in [1.165, 1.54) is 32.1 Å². The lowest BCUT2D eigenvalue weighted by Crippen LogP contribution is -2.49. The zero-order valence-electron chi connectivity index (χ0n) is 16.5. The van der Waals surface area contributed by atoms with Gasteiger partial charge >= 0.3 is 0 Å². The molecule has 1 aliphatic carbocycles. The third-order valence-electron chi connectivity index (χ3n) is 5.99. The van der Waals surface area contributed by atoms with Crippen LogP contribution < -0.4 is 0 Å². The molecule has 0 radical (unpaired) electrons. The van der Waals surface area contributed by atoms with Gasteiger partial charge in [-0.2, -0.15) is 4.98 Å². The molecule has 1 aliphatic heterocycles. The highest BCUT2D eigenvalue weighted by Crippen LogP contribution is 2.27. The normalized spacial score (nSPS) is 19.2. The van der Waals surface area contributed by atoms with Crippen LogP contribution in [0.15, 0.2) is 22.0 Å². The van der Waals surface area contributed by atoms with E-state index in [0.717, 1.165) is 56.9 Å². The second-order valence-corrected chi connectivity index (χ2v) is 8.97. The fraction of sp³-hybridized carbons (Fsp3) is 0.667. The molecule has 152 valence electrons. The molecule has 2 aliphatic rings. The fourth-order valence-corrected chi connectivity index (χ4v) is 4.95. The Morgan fingerprint density at radius 2 is 2.00 bits per heavy atom. The first-order chi connectivity index (χ1) is 13.8. The smallest absolute Gasteiger partial charge is 0.227 e. The van der Waals surface area contributed by atoms with Crippen molar-refractivity contribution in [2.75, 3.05) is 32.7 Å². The van der Waals surface area contributed by atoms with Gasteiger partial charge in [-0.25, -0.2) is 0 Å². The summed E-state index contributed by atoms with van der Waals surface area (Å²) in [5.41, 5.74) is 0. The van der Waals surface area contributed by atoms with E-state index in [0.29, 0.717) is 23.5 Å². The minimum absolute atomic E-state index is 0.374. The van der Waals surface area contributed by atoms with E-state index < -0.39 is 0 Å². The van der Waals surface area contributed by atoms with Crippen molar-refractivity contribution in [2.45, 2.75) is 51.4 Å². The molecule has 28 heavy (non-hydrogen) atoms. The molecule has 1 saturated heterocycles. The minimum Gasteiger partial charge on any atom is -0.340 e. The Hall–Kier alpha value is -1.73. The lowest BCUT2D eigenvalue weighted by Gasteiger charge is -2.35. The van der Waals surface area contributed by atoms with E-state index in [1.54, 1.807) is 11.3 Å². The molecule has 2 fully saturated rings. The van der Waals surface area contributed by atoms with Crippen LogP contribution in [0.4, 0.5) is 0 Å². The molecule has 3 heterocycles. The molecule has 6 nitrogen and oxygen atoms in total. The van der Waals surface area contributed by atoms with Crippen LogP contribution >= 0.6 is 11.3 Å². The number of carbonyl (C=O) groups excluding carboxylic acids is 1. The number of aryl methyl sites for hydroxylation is 1. The molecule has 0 spiro atoms. The summed E-state index contributed by atoms with van der Waals surface area (Å²) in [6.07, 6.45) is 9.03. The maximum Gasteiger partial charge on any atom is 0.227 e. The van der Waals surface area contributed by atoms with Crippen LogP contribution in [0.3, 0.4) is 0 Å². The Labute approximate surface area is 170 Å². The predicted molar refractivity (Wildman–Crippen MR) is 110 cm³/mol. The number of amides is 1. The first kappa shape index (κ1) is 19.6. The Balaban J connectivity index is 1.14. The molecule has 0 aromatic carbocycles. The summed E-state index contributed by atoms with van der Waals surface area (Å²) in [7, 11) is 0.